The van der Waals surface area contributed by atoms with E-state index >= 15 is 0 Å². The van der Waals surface area contributed by atoms with Gasteiger partial charge in [-0.15, -0.1) is 0 Å². The van der Waals surface area contributed by atoms with E-state index in [-0.39, 0.29) is 18.0 Å². The molecule has 2 aromatic carbocycles. The SMILES string of the molecule is Cc1ccc(-c2c[n+]3ccccc3n2CC(=O)c2ccc(F)cc2)cc1[N+](=O)[O-]. The van der Waals surface area contributed by atoms with Gasteiger partial charge in [-0.1, -0.05) is 12.1 Å². The van der Waals surface area contributed by atoms with Crippen LogP contribution in [0.15, 0.2) is 73.1 Å². The summed E-state index contributed by atoms with van der Waals surface area (Å²) in [7, 11) is 0. The zero-order valence-corrected chi connectivity index (χ0v) is 15.6. The minimum atomic E-state index is -0.414. The largest absolute Gasteiger partial charge is 0.290 e. The van der Waals surface area contributed by atoms with E-state index in [1.54, 1.807) is 23.6 Å². The molecule has 0 atom stereocenters. The number of Topliss-reactive ketones (excluding diaryl/α,β-unsaturated/α-hetero) is 1. The topological polar surface area (TPSA) is 69.2 Å². The number of pyridine rings is 1. The summed E-state index contributed by atoms with van der Waals surface area (Å²) in [4.78, 5) is 23.8. The van der Waals surface area contributed by atoms with E-state index in [0.717, 1.165) is 5.65 Å². The number of nitrogens with zero attached hydrogens (tertiary/aromatic N) is 3. The van der Waals surface area contributed by atoms with Gasteiger partial charge in [0.2, 0.25) is 5.78 Å². The summed E-state index contributed by atoms with van der Waals surface area (Å²) in [5.41, 5.74) is 3.06. The number of aryl methyl sites for hydroxylation is 1. The van der Waals surface area contributed by atoms with Crippen LogP contribution in [0.3, 0.4) is 0 Å². The molecule has 2 heterocycles. The number of hydrogen-bond donors (Lipinski definition) is 0. The third-order valence-electron chi connectivity index (χ3n) is 4.87. The Balaban J connectivity index is 1.83. The van der Waals surface area contributed by atoms with Gasteiger partial charge in [0.15, 0.2) is 12.2 Å². The molecule has 0 bridgehead atoms. The Hall–Kier alpha value is -3.87. The monoisotopic (exact) mass is 390 g/mol. The Morgan fingerprint density at radius 3 is 2.62 bits per heavy atom. The van der Waals surface area contributed by atoms with Crippen molar-refractivity contribution in [3.63, 3.8) is 0 Å². The Morgan fingerprint density at radius 2 is 1.90 bits per heavy atom. The summed E-state index contributed by atoms with van der Waals surface area (Å²) in [5.74, 6) is -0.592. The number of hydrogen-bond acceptors (Lipinski definition) is 3. The van der Waals surface area contributed by atoms with Crippen molar-refractivity contribution >= 4 is 17.1 Å². The first-order chi connectivity index (χ1) is 13.9. The Labute approximate surface area is 165 Å². The summed E-state index contributed by atoms with van der Waals surface area (Å²) in [6.45, 7) is 1.70. The van der Waals surface area contributed by atoms with Crippen LogP contribution in [0.4, 0.5) is 10.1 Å². The molecular weight excluding hydrogens is 373 g/mol. The highest BCUT2D eigenvalue weighted by molar-refractivity contribution is 5.96. The van der Waals surface area contributed by atoms with Crippen LogP contribution in [-0.4, -0.2) is 15.3 Å². The van der Waals surface area contributed by atoms with Gasteiger partial charge in [-0.2, -0.15) is 0 Å². The summed E-state index contributed by atoms with van der Waals surface area (Å²) in [6.07, 6.45) is 3.68. The normalized spacial score (nSPS) is 11.0. The lowest BCUT2D eigenvalue weighted by Crippen LogP contribution is -2.19. The van der Waals surface area contributed by atoms with E-state index in [2.05, 4.69) is 0 Å². The molecule has 0 saturated carbocycles. The highest BCUT2D eigenvalue weighted by Crippen LogP contribution is 2.27. The highest BCUT2D eigenvalue weighted by atomic mass is 19.1. The molecule has 0 saturated heterocycles. The molecule has 0 spiro atoms. The summed E-state index contributed by atoms with van der Waals surface area (Å²) >= 11 is 0. The second-order valence-corrected chi connectivity index (χ2v) is 6.76. The van der Waals surface area contributed by atoms with Crippen molar-refractivity contribution in [2.24, 2.45) is 0 Å². The quantitative estimate of drug-likeness (QED) is 0.223. The third kappa shape index (κ3) is 3.50. The zero-order valence-electron chi connectivity index (χ0n) is 15.6. The predicted octanol–water partition coefficient (Wildman–Crippen LogP) is 4.13. The molecule has 0 aliphatic heterocycles. The molecule has 6 nitrogen and oxygen atoms in total. The molecule has 2 aromatic heterocycles. The van der Waals surface area contributed by atoms with Crippen LogP contribution < -0.4 is 4.40 Å². The number of carbonyl (C=O) groups is 1. The molecule has 0 N–H and O–H groups in total. The first-order valence-corrected chi connectivity index (χ1v) is 8.98. The molecule has 4 aromatic rings. The second kappa shape index (κ2) is 7.27. The van der Waals surface area contributed by atoms with Crippen LogP contribution in [-0.2, 0) is 6.54 Å². The van der Waals surface area contributed by atoms with Crippen LogP contribution >= 0.6 is 0 Å². The number of ketones is 1. The predicted molar refractivity (Wildman–Crippen MR) is 105 cm³/mol. The van der Waals surface area contributed by atoms with Crippen molar-refractivity contribution < 1.29 is 18.5 Å². The van der Waals surface area contributed by atoms with Crippen molar-refractivity contribution in [3.05, 3.63) is 100 Å². The van der Waals surface area contributed by atoms with Gasteiger partial charge in [-0.05, 0) is 43.3 Å². The van der Waals surface area contributed by atoms with E-state index in [9.17, 15) is 19.3 Å². The van der Waals surface area contributed by atoms with Gasteiger partial charge in [-0.25, -0.2) is 13.4 Å². The first kappa shape index (κ1) is 18.5. The number of carbonyl (C=O) groups excluding carboxylic acids is 1. The number of aromatic nitrogens is 2. The van der Waals surface area contributed by atoms with E-state index in [1.807, 2.05) is 35.0 Å². The average molecular weight is 390 g/mol. The fourth-order valence-corrected chi connectivity index (χ4v) is 3.34. The number of rotatable bonds is 5. The van der Waals surface area contributed by atoms with Gasteiger partial charge in [0, 0.05) is 28.8 Å². The number of halogens is 1. The second-order valence-electron chi connectivity index (χ2n) is 6.76. The van der Waals surface area contributed by atoms with E-state index in [1.165, 1.54) is 30.3 Å². The minimum Gasteiger partial charge on any atom is -0.290 e. The molecule has 4 rings (SSSR count). The summed E-state index contributed by atoms with van der Waals surface area (Å²) in [6, 6.07) is 16.0. The molecule has 0 amide bonds. The maximum Gasteiger partial charge on any atom is 0.287 e. The Kier molecular flexibility index (Phi) is 4.64. The smallest absolute Gasteiger partial charge is 0.287 e. The van der Waals surface area contributed by atoms with E-state index < -0.39 is 10.7 Å². The van der Waals surface area contributed by atoms with Crippen molar-refractivity contribution in [1.82, 2.24) is 4.57 Å². The molecule has 7 heteroatoms. The zero-order chi connectivity index (χ0) is 20.5. The summed E-state index contributed by atoms with van der Waals surface area (Å²) in [5, 5.41) is 11.4. The lowest BCUT2D eigenvalue weighted by molar-refractivity contribution is -0.510. The van der Waals surface area contributed by atoms with Gasteiger partial charge in [0.1, 0.15) is 12.0 Å². The standard InChI is InChI=1S/C22H17FN3O3/c1-15-5-6-17(12-19(15)26(28)29)20-13-24-11-3-2-4-22(24)25(20)14-21(27)16-7-9-18(23)10-8-16/h2-13H,14H2,1H3/q+1. The van der Waals surface area contributed by atoms with Crippen molar-refractivity contribution in [3.8, 4) is 11.3 Å². The van der Waals surface area contributed by atoms with Gasteiger partial charge < -0.3 is 0 Å². The first-order valence-electron chi connectivity index (χ1n) is 8.98. The number of benzene rings is 2. The number of nitro benzene ring substituents is 1. The van der Waals surface area contributed by atoms with Gasteiger partial charge in [-0.3, -0.25) is 14.9 Å². The molecule has 29 heavy (non-hydrogen) atoms. The number of nitro groups is 1. The molecular formula is C22H17FN3O3+. The molecule has 0 aliphatic rings. The van der Waals surface area contributed by atoms with Crippen LogP contribution in [0.5, 0.6) is 0 Å². The van der Waals surface area contributed by atoms with E-state index in [4.69, 9.17) is 0 Å². The van der Waals surface area contributed by atoms with Crippen molar-refractivity contribution in [2.45, 2.75) is 13.5 Å². The molecule has 0 unspecified atom stereocenters. The van der Waals surface area contributed by atoms with Crippen LogP contribution in [0, 0.1) is 22.9 Å². The maximum absolute atomic E-state index is 13.2. The van der Waals surface area contributed by atoms with Crippen molar-refractivity contribution in [1.29, 1.82) is 0 Å². The Morgan fingerprint density at radius 1 is 1.14 bits per heavy atom. The molecule has 0 radical (unpaired) electrons. The van der Waals surface area contributed by atoms with Crippen molar-refractivity contribution in [2.75, 3.05) is 0 Å². The van der Waals surface area contributed by atoms with Gasteiger partial charge >= 0.3 is 0 Å². The number of imidazole rings is 1. The maximum atomic E-state index is 13.2. The molecule has 0 aliphatic carbocycles. The molecule has 144 valence electrons. The van der Waals surface area contributed by atoms with Gasteiger partial charge in [0.25, 0.3) is 11.3 Å². The lowest BCUT2D eigenvalue weighted by atomic mass is 10.1. The van der Waals surface area contributed by atoms with Crippen LogP contribution in [0.25, 0.3) is 16.9 Å². The fourth-order valence-electron chi connectivity index (χ4n) is 3.34. The lowest BCUT2D eigenvalue weighted by Gasteiger charge is -2.05. The molecule has 0 fully saturated rings. The van der Waals surface area contributed by atoms with Gasteiger partial charge in [0.05, 0.1) is 11.1 Å². The van der Waals surface area contributed by atoms with Crippen LogP contribution in [0.2, 0.25) is 0 Å². The summed E-state index contributed by atoms with van der Waals surface area (Å²) < 4.78 is 16.8. The van der Waals surface area contributed by atoms with Crippen LogP contribution in [0.1, 0.15) is 15.9 Å². The average Bonchev–Trinajstić information content (AvgIpc) is 3.07. The van der Waals surface area contributed by atoms with E-state index in [0.29, 0.717) is 22.4 Å². The minimum absolute atomic E-state index is 0.0170. The number of fused-ring (bicyclic) bond motifs is 1. The fraction of sp³-hybridized carbons (Fsp3) is 0.0909. The Bertz CT molecular complexity index is 1250. The highest BCUT2D eigenvalue weighted by Gasteiger charge is 2.24. The third-order valence-corrected chi connectivity index (χ3v) is 4.87.